The smallest absolute Gasteiger partial charge is 0.218 e. The first kappa shape index (κ1) is 8.93. The fourth-order valence-electron chi connectivity index (χ4n) is 1.20. The second-order valence-corrected chi connectivity index (χ2v) is 2.58. The molecule has 1 saturated heterocycles. The van der Waals surface area contributed by atoms with Crippen molar-refractivity contribution in [2.45, 2.75) is 18.3 Å². The van der Waals surface area contributed by atoms with Crippen LogP contribution in [0, 0.1) is 0 Å². The van der Waals surface area contributed by atoms with Gasteiger partial charge >= 0.3 is 0 Å². The van der Waals surface area contributed by atoms with Crippen LogP contribution in [0.5, 0.6) is 0 Å². The molecule has 1 rings (SSSR count). The van der Waals surface area contributed by atoms with Crippen molar-refractivity contribution in [1.29, 1.82) is 0 Å². The molecule has 1 fully saturated rings. The molecule has 0 aliphatic carbocycles. The lowest BCUT2D eigenvalue weighted by Gasteiger charge is -2.38. The summed E-state index contributed by atoms with van der Waals surface area (Å²) in [6.45, 7) is 0.858. The number of hydrogen-bond donors (Lipinski definition) is 1. The van der Waals surface area contributed by atoms with E-state index in [1.807, 2.05) is 0 Å². The molecule has 1 N–H and O–H groups in total. The van der Waals surface area contributed by atoms with E-state index in [0.29, 0.717) is 19.6 Å². The molecule has 0 radical (unpaired) electrons. The van der Waals surface area contributed by atoms with Gasteiger partial charge in [0.1, 0.15) is 12.7 Å². The summed E-state index contributed by atoms with van der Waals surface area (Å²) in [5, 5.41) is 9.49. The van der Waals surface area contributed by atoms with Crippen LogP contribution in [0.1, 0.15) is 6.42 Å². The Hall–Kier alpha value is -0.160. The molecular formula is C7H14O4. The van der Waals surface area contributed by atoms with Crippen LogP contribution in [0.2, 0.25) is 0 Å². The molecule has 1 aliphatic heterocycles. The van der Waals surface area contributed by atoms with Gasteiger partial charge in [-0.2, -0.15) is 0 Å². The van der Waals surface area contributed by atoms with Gasteiger partial charge < -0.3 is 19.3 Å². The molecule has 4 heteroatoms. The molecule has 1 atom stereocenters. The molecule has 1 aliphatic rings. The van der Waals surface area contributed by atoms with E-state index in [1.54, 1.807) is 0 Å². The summed E-state index contributed by atoms with van der Waals surface area (Å²) in [4.78, 5) is 0. The van der Waals surface area contributed by atoms with Gasteiger partial charge in [-0.3, -0.25) is 0 Å². The van der Waals surface area contributed by atoms with Gasteiger partial charge in [-0.1, -0.05) is 0 Å². The first-order valence-electron chi connectivity index (χ1n) is 3.61. The van der Waals surface area contributed by atoms with Crippen LogP contribution in [0.15, 0.2) is 0 Å². The average molecular weight is 162 g/mol. The number of methoxy groups -OCH3 is 2. The van der Waals surface area contributed by atoms with Crippen molar-refractivity contribution >= 4 is 0 Å². The van der Waals surface area contributed by atoms with Crippen molar-refractivity contribution in [1.82, 2.24) is 0 Å². The van der Waals surface area contributed by atoms with Crippen LogP contribution in [0.4, 0.5) is 0 Å². The zero-order valence-electron chi connectivity index (χ0n) is 6.87. The first-order valence-corrected chi connectivity index (χ1v) is 3.61. The molecule has 0 aromatic heterocycles. The molecule has 0 saturated carbocycles. The van der Waals surface area contributed by atoms with Gasteiger partial charge in [0.2, 0.25) is 5.79 Å². The van der Waals surface area contributed by atoms with Crippen molar-refractivity contribution in [2.24, 2.45) is 0 Å². The topological polar surface area (TPSA) is 47.9 Å². The molecule has 0 bridgehead atoms. The molecule has 4 nitrogen and oxygen atoms in total. The van der Waals surface area contributed by atoms with Gasteiger partial charge in [-0.15, -0.1) is 0 Å². The normalized spacial score (nSPS) is 30.3. The quantitative estimate of drug-likeness (QED) is 0.569. The summed E-state index contributed by atoms with van der Waals surface area (Å²) in [6, 6.07) is 0. The number of aliphatic hydroxyl groups is 1. The Morgan fingerprint density at radius 2 is 2.09 bits per heavy atom. The van der Waals surface area contributed by atoms with Gasteiger partial charge in [0.05, 0.1) is 0 Å². The maximum Gasteiger partial charge on any atom is 0.218 e. The average Bonchev–Trinajstić information content (AvgIpc) is 2.06. The Kier molecular flexibility index (Phi) is 2.84. The maximum atomic E-state index is 9.49. The largest absolute Gasteiger partial charge is 0.387 e. The minimum absolute atomic E-state index is 0.293. The van der Waals surface area contributed by atoms with E-state index < -0.39 is 11.9 Å². The lowest BCUT2D eigenvalue weighted by Crippen LogP contribution is -2.53. The summed E-state index contributed by atoms with van der Waals surface area (Å²) in [5.74, 6) is -0.946. The van der Waals surface area contributed by atoms with Crippen LogP contribution in [-0.4, -0.2) is 44.4 Å². The number of ether oxygens (including phenoxy) is 3. The fourth-order valence-corrected chi connectivity index (χ4v) is 1.20. The molecular weight excluding hydrogens is 148 g/mol. The van der Waals surface area contributed by atoms with E-state index in [0.717, 1.165) is 0 Å². The van der Waals surface area contributed by atoms with E-state index in [9.17, 15) is 5.11 Å². The second kappa shape index (κ2) is 3.49. The third kappa shape index (κ3) is 1.54. The highest BCUT2D eigenvalue weighted by atomic mass is 16.7. The minimum Gasteiger partial charge on any atom is -0.387 e. The molecule has 0 spiro atoms. The Morgan fingerprint density at radius 3 is 2.45 bits per heavy atom. The van der Waals surface area contributed by atoms with E-state index in [2.05, 4.69) is 0 Å². The summed E-state index contributed by atoms with van der Waals surface area (Å²) in [7, 11) is 3.00. The predicted molar refractivity (Wildman–Crippen MR) is 38.2 cm³/mol. The molecule has 66 valence electrons. The van der Waals surface area contributed by atoms with E-state index >= 15 is 0 Å². The summed E-state index contributed by atoms with van der Waals surface area (Å²) in [6.07, 6.45) is -0.0342. The molecule has 1 heterocycles. The highest BCUT2D eigenvalue weighted by Crippen LogP contribution is 2.23. The Morgan fingerprint density at radius 1 is 1.45 bits per heavy atom. The van der Waals surface area contributed by atoms with Gasteiger partial charge in [-0.05, 0) is 0 Å². The van der Waals surface area contributed by atoms with Crippen LogP contribution >= 0.6 is 0 Å². The van der Waals surface area contributed by atoms with Crippen LogP contribution in [0.3, 0.4) is 0 Å². The zero-order chi connectivity index (χ0) is 8.32. The van der Waals surface area contributed by atoms with E-state index in [4.69, 9.17) is 14.2 Å². The number of hydrogen-bond acceptors (Lipinski definition) is 4. The van der Waals surface area contributed by atoms with Gasteiger partial charge in [-0.25, -0.2) is 0 Å². The third-order valence-corrected chi connectivity index (χ3v) is 2.04. The zero-order valence-corrected chi connectivity index (χ0v) is 6.87. The van der Waals surface area contributed by atoms with Gasteiger partial charge in [0, 0.05) is 27.2 Å². The monoisotopic (exact) mass is 162 g/mol. The molecule has 0 aromatic rings. The lowest BCUT2D eigenvalue weighted by molar-refractivity contribution is -0.300. The van der Waals surface area contributed by atoms with Crippen LogP contribution < -0.4 is 0 Å². The molecule has 11 heavy (non-hydrogen) atoms. The third-order valence-electron chi connectivity index (χ3n) is 2.04. The maximum absolute atomic E-state index is 9.49. The Labute approximate surface area is 66.1 Å². The van der Waals surface area contributed by atoms with Crippen molar-refractivity contribution < 1.29 is 19.3 Å². The summed E-state index contributed by atoms with van der Waals surface area (Å²) < 4.78 is 15.2. The first-order chi connectivity index (χ1) is 5.25. The molecule has 1 unspecified atom stereocenters. The highest BCUT2D eigenvalue weighted by Gasteiger charge is 2.41. The summed E-state index contributed by atoms with van der Waals surface area (Å²) in [5.41, 5.74) is 0. The second-order valence-electron chi connectivity index (χ2n) is 2.58. The van der Waals surface area contributed by atoms with Gasteiger partial charge in [0.25, 0.3) is 0 Å². The Bertz CT molecular complexity index is 122. The van der Waals surface area contributed by atoms with Crippen LogP contribution in [0.25, 0.3) is 0 Å². The van der Waals surface area contributed by atoms with Crippen molar-refractivity contribution in [3.63, 3.8) is 0 Å². The minimum atomic E-state index is -0.946. The fraction of sp³-hybridized carbons (Fsp3) is 1.00. The highest BCUT2D eigenvalue weighted by molar-refractivity contribution is 4.81. The van der Waals surface area contributed by atoms with E-state index in [1.165, 1.54) is 14.2 Å². The predicted octanol–water partition coefficient (Wildman–Crippen LogP) is -0.243. The van der Waals surface area contributed by atoms with Crippen molar-refractivity contribution in [2.75, 3.05) is 27.4 Å². The van der Waals surface area contributed by atoms with Crippen molar-refractivity contribution in [3.05, 3.63) is 0 Å². The lowest BCUT2D eigenvalue weighted by atomic mass is 10.1. The molecule has 0 aromatic carbocycles. The standard InChI is InChI=1S/C7H14O4/c1-9-7(10-2)5-11-4-3-6(7)8/h6,8H,3-5H2,1-2H3. The number of aliphatic hydroxyl groups excluding tert-OH is 1. The van der Waals surface area contributed by atoms with E-state index in [-0.39, 0.29) is 0 Å². The Balaban J connectivity index is 2.61. The van der Waals surface area contributed by atoms with Crippen molar-refractivity contribution in [3.8, 4) is 0 Å². The SMILES string of the molecule is COC1(OC)COCCC1O. The van der Waals surface area contributed by atoms with Gasteiger partial charge in [0.15, 0.2) is 0 Å². The summed E-state index contributed by atoms with van der Waals surface area (Å²) >= 11 is 0. The molecule has 0 amide bonds. The van der Waals surface area contributed by atoms with Crippen LogP contribution in [-0.2, 0) is 14.2 Å². The number of rotatable bonds is 2.